The van der Waals surface area contributed by atoms with Crippen LogP contribution in [-0.2, 0) is 0 Å². The molecule has 2 aromatic rings. The first-order valence-electron chi connectivity index (χ1n) is 3.71. The fourth-order valence-corrected chi connectivity index (χ4v) is 2.08. The van der Waals surface area contributed by atoms with Crippen molar-refractivity contribution in [1.82, 2.24) is 0 Å². The maximum atomic E-state index is 13.2. The number of hydrogen-bond acceptors (Lipinski definition) is 0. The smallest absolute Gasteiger partial charge is 0.137 e. The summed E-state index contributed by atoms with van der Waals surface area (Å²) in [6, 6.07) is 9.24. The molecule has 0 aliphatic rings. The van der Waals surface area contributed by atoms with Crippen LogP contribution in [0.3, 0.4) is 0 Å². The van der Waals surface area contributed by atoms with Gasteiger partial charge in [0.25, 0.3) is 0 Å². The van der Waals surface area contributed by atoms with Crippen LogP contribution >= 0.6 is 38.5 Å². The fraction of sp³-hybridized carbons (Fsp3) is 0. The second-order valence-electron chi connectivity index (χ2n) is 2.76. The Bertz CT molecular complexity index is 468. The molecular formula is C10H5BrFI. The molecule has 0 fully saturated rings. The van der Waals surface area contributed by atoms with Gasteiger partial charge in [0, 0.05) is 8.04 Å². The lowest BCUT2D eigenvalue weighted by Crippen LogP contribution is -1.82. The first-order chi connectivity index (χ1) is 6.16. The van der Waals surface area contributed by atoms with Crippen LogP contribution in [0.2, 0.25) is 0 Å². The molecule has 0 atom stereocenters. The predicted octanol–water partition coefficient (Wildman–Crippen LogP) is 4.35. The van der Waals surface area contributed by atoms with Gasteiger partial charge in [-0.05, 0) is 57.6 Å². The maximum Gasteiger partial charge on any atom is 0.137 e. The highest BCUT2D eigenvalue weighted by atomic mass is 127. The molecular weight excluding hydrogens is 346 g/mol. The van der Waals surface area contributed by atoms with E-state index in [-0.39, 0.29) is 5.82 Å². The van der Waals surface area contributed by atoms with Crippen molar-refractivity contribution in [3.8, 4) is 0 Å². The van der Waals surface area contributed by atoms with Gasteiger partial charge in [0.05, 0.1) is 0 Å². The average molecular weight is 351 g/mol. The minimum atomic E-state index is -0.161. The number of benzene rings is 2. The van der Waals surface area contributed by atoms with Gasteiger partial charge in [0.1, 0.15) is 5.82 Å². The zero-order chi connectivity index (χ0) is 9.42. The maximum absolute atomic E-state index is 13.2. The number of hydrogen-bond donors (Lipinski definition) is 0. The van der Waals surface area contributed by atoms with Gasteiger partial charge in [-0.25, -0.2) is 4.39 Å². The van der Waals surface area contributed by atoms with Crippen molar-refractivity contribution in [3.63, 3.8) is 0 Å². The van der Waals surface area contributed by atoms with Crippen LogP contribution < -0.4 is 0 Å². The van der Waals surface area contributed by atoms with E-state index in [1.807, 2.05) is 46.9 Å². The molecule has 0 aliphatic heterocycles. The number of halogens is 3. The average Bonchev–Trinajstić information content (AvgIpc) is 2.08. The molecule has 0 heterocycles. The molecule has 0 bridgehead atoms. The second kappa shape index (κ2) is 3.53. The van der Waals surface area contributed by atoms with Gasteiger partial charge < -0.3 is 0 Å². The molecule has 0 aliphatic carbocycles. The van der Waals surface area contributed by atoms with Gasteiger partial charge in [-0.1, -0.05) is 22.0 Å². The third-order valence-electron chi connectivity index (χ3n) is 1.84. The third-order valence-corrected chi connectivity index (χ3v) is 3.16. The normalized spacial score (nSPS) is 10.7. The van der Waals surface area contributed by atoms with Gasteiger partial charge in [-0.3, -0.25) is 0 Å². The van der Waals surface area contributed by atoms with E-state index >= 15 is 0 Å². The number of fused-ring (bicyclic) bond motifs is 1. The molecule has 13 heavy (non-hydrogen) atoms. The molecule has 0 unspecified atom stereocenters. The van der Waals surface area contributed by atoms with Gasteiger partial charge in [-0.2, -0.15) is 0 Å². The minimum absolute atomic E-state index is 0.161. The van der Waals surface area contributed by atoms with E-state index in [0.717, 1.165) is 15.2 Å². The van der Waals surface area contributed by atoms with Crippen LogP contribution in [0.4, 0.5) is 4.39 Å². The molecule has 0 aromatic heterocycles. The molecule has 0 N–H and O–H groups in total. The largest absolute Gasteiger partial charge is 0.206 e. The first-order valence-corrected chi connectivity index (χ1v) is 5.58. The van der Waals surface area contributed by atoms with E-state index in [1.165, 1.54) is 0 Å². The van der Waals surface area contributed by atoms with Gasteiger partial charge >= 0.3 is 0 Å². The number of rotatable bonds is 0. The van der Waals surface area contributed by atoms with Crippen molar-refractivity contribution in [1.29, 1.82) is 0 Å². The Balaban J connectivity index is 2.81. The van der Waals surface area contributed by atoms with Crippen molar-refractivity contribution in [3.05, 3.63) is 44.2 Å². The van der Waals surface area contributed by atoms with E-state index in [4.69, 9.17) is 0 Å². The van der Waals surface area contributed by atoms with Gasteiger partial charge in [0.15, 0.2) is 0 Å². The Morgan fingerprint density at radius 1 is 1.08 bits per heavy atom. The predicted molar refractivity (Wildman–Crippen MR) is 64.3 cm³/mol. The van der Waals surface area contributed by atoms with Gasteiger partial charge in [-0.15, -0.1) is 0 Å². The zero-order valence-corrected chi connectivity index (χ0v) is 10.3. The molecule has 2 rings (SSSR count). The molecule has 3 heteroatoms. The summed E-state index contributed by atoms with van der Waals surface area (Å²) in [7, 11) is 0. The van der Waals surface area contributed by atoms with Crippen LogP contribution in [0, 0.1) is 9.39 Å². The second-order valence-corrected chi connectivity index (χ2v) is 4.84. The highest BCUT2D eigenvalue weighted by Gasteiger charge is 2.01. The Labute approximate surface area is 97.4 Å². The van der Waals surface area contributed by atoms with Crippen LogP contribution in [0.1, 0.15) is 0 Å². The lowest BCUT2D eigenvalue weighted by molar-refractivity contribution is 0.622. The molecule has 66 valence electrons. The summed E-state index contributed by atoms with van der Waals surface area (Å²) in [6.45, 7) is 0. The quantitative estimate of drug-likeness (QED) is 0.620. The van der Waals surface area contributed by atoms with E-state index in [2.05, 4.69) is 15.9 Å². The summed E-state index contributed by atoms with van der Waals surface area (Å²) in [6.07, 6.45) is 0. The van der Waals surface area contributed by atoms with E-state index in [0.29, 0.717) is 3.57 Å². The highest BCUT2D eigenvalue weighted by Crippen LogP contribution is 2.23. The summed E-state index contributed by atoms with van der Waals surface area (Å²) in [5.74, 6) is -0.161. The van der Waals surface area contributed by atoms with Crippen molar-refractivity contribution < 1.29 is 4.39 Å². The van der Waals surface area contributed by atoms with Crippen molar-refractivity contribution in [2.75, 3.05) is 0 Å². The van der Waals surface area contributed by atoms with Crippen LogP contribution in [0.15, 0.2) is 34.8 Å². The standard InChI is InChI=1S/C10H5BrFI/c11-8-2-1-6-5-10(13)9(12)4-7(6)3-8/h1-5H. The Morgan fingerprint density at radius 2 is 1.85 bits per heavy atom. The molecule has 0 amide bonds. The van der Waals surface area contributed by atoms with E-state index < -0.39 is 0 Å². The van der Waals surface area contributed by atoms with Crippen LogP contribution in [0.5, 0.6) is 0 Å². The molecule has 0 saturated carbocycles. The zero-order valence-electron chi connectivity index (χ0n) is 6.52. The summed E-state index contributed by atoms with van der Waals surface area (Å²) >= 11 is 5.35. The minimum Gasteiger partial charge on any atom is -0.206 e. The van der Waals surface area contributed by atoms with Crippen molar-refractivity contribution in [2.45, 2.75) is 0 Å². The summed E-state index contributed by atoms with van der Waals surface area (Å²) < 4.78 is 14.8. The van der Waals surface area contributed by atoms with Gasteiger partial charge in [0.2, 0.25) is 0 Å². The Hall–Kier alpha value is -0.160. The van der Waals surface area contributed by atoms with E-state index in [9.17, 15) is 4.39 Å². The lowest BCUT2D eigenvalue weighted by Gasteiger charge is -2.00. The van der Waals surface area contributed by atoms with Crippen LogP contribution in [-0.4, -0.2) is 0 Å². The topological polar surface area (TPSA) is 0 Å². The Morgan fingerprint density at radius 3 is 2.62 bits per heavy atom. The molecule has 0 nitrogen and oxygen atoms in total. The SMILES string of the molecule is Fc1cc2cc(Br)ccc2cc1I. The first kappa shape index (κ1) is 9.40. The summed E-state index contributed by atoms with van der Waals surface area (Å²) in [4.78, 5) is 0. The Kier molecular flexibility index (Phi) is 2.55. The summed E-state index contributed by atoms with van der Waals surface area (Å²) in [5.41, 5.74) is 0. The van der Waals surface area contributed by atoms with Crippen LogP contribution in [0.25, 0.3) is 10.8 Å². The molecule has 0 spiro atoms. The fourth-order valence-electron chi connectivity index (χ4n) is 1.21. The molecule has 0 saturated heterocycles. The summed E-state index contributed by atoms with van der Waals surface area (Å²) in [5, 5.41) is 1.99. The molecule has 2 aromatic carbocycles. The molecule has 0 radical (unpaired) electrons. The van der Waals surface area contributed by atoms with Crippen molar-refractivity contribution in [2.24, 2.45) is 0 Å². The highest BCUT2D eigenvalue weighted by molar-refractivity contribution is 14.1. The van der Waals surface area contributed by atoms with E-state index in [1.54, 1.807) is 6.07 Å². The monoisotopic (exact) mass is 350 g/mol. The third kappa shape index (κ3) is 1.86. The van der Waals surface area contributed by atoms with Crippen molar-refractivity contribution >= 4 is 49.3 Å². The lowest BCUT2D eigenvalue weighted by atomic mass is 10.1.